The number of fused-ring (bicyclic) bond motifs is 1. The molecule has 1 aliphatic rings. The second-order valence-corrected chi connectivity index (χ2v) is 4.37. The summed E-state index contributed by atoms with van der Waals surface area (Å²) in [6, 6.07) is 5.59. The van der Waals surface area contributed by atoms with Gasteiger partial charge in [0, 0.05) is 17.0 Å². The number of aromatic nitrogens is 4. The van der Waals surface area contributed by atoms with Gasteiger partial charge in [0.1, 0.15) is 5.75 Å². The van der Waals surface area contributed by atoms with Crippen molar-refractivity contribution in [3.63, 3.8) is 0 Å². The summed E-state index contributed by atoms with van der Waals surface area (Å²) >= 11 is 0. The predicted octanol–water partition coefficient (Wildman–Crippen LogP) is 1.32. The lowest BCUT2D eigenvalue weighted by Crippen LogP contribution is -2.32. The molecule has 1 aliphatic heterocycles. The molecule has 18 heavy (non-hydrogen) atoms. The summed E-state index contributed by atoms with van der Waals surface area (Å²) in [5, 5.41) is 13.8. The van der Waals surface area contributed by atoms with E-state index in [9.17, 15) is 4.79 Å². The first kappa shape index (κ1) is 10.9. The number of benzene rings is 1. The third kappa shape index (κ3) is 1.57. The van der Waals surface area contributed by atoms with E-state index in [4.69, 9.17) is 4.74 Å². The molecule has 3 rings (SSSR count). The maximum Gasteiger partial charge on any atom is 0.204 e. The largest absolute Gasteiger partial charge is 0.483 e. The second-order valence-electron chi connectivity index (χ2n) is 4.37. The molecule has 2 atom stereocenters. The molecule has 1 aromatic heterocycles. The van der Waals surface area contributed by atoms with Crippen LogP contribution in [0.5, 0.6) is 5.75 Å². The van der Waals surface area contributed by atoms with Crippen LogP contribution in [0.3, 0.4) is 0 Å². The summed E-state index contributed by atoms with van der Waals surface area (Å²) < 4.78 is 5.57. The maximum absolute atomic E-state index is 11.9. The zero-order valence-corrected chi connectivity index (χ0v) is 10.0. The molecule has 2 aromatic rings. The Balaban J connectivity index is 2.08. The van der Waals surface area contributed by atoms with Crippen molar-refractivity contribution in [2.75, 3.05) is 0 Å². The highest BCUT2D eigenvalue weighted by Crippen LogP contribution is 2.36. The van der Waals surface area contributed by atoms with E-state index in [1.165, 1.54) is 0 Å². The number of tetrazole rings is 1. The number of ether oxygens (including phenoxy) is 1. The monoisotopic (exact) mass is 244 g/mol. The third-order valence-electron chi connectivity index (χ3n) is 3.21. The number of aromatic amines is 1. The molecule has 0 fully saturated rings. The number of H-pyrrole nitrogens is 1. The predicted molar refractivity (Wildman–Crippen MR) is 63.1 cm³/mol. The Morgan fingerprint density at radius 2 is 2.17 bits per heavy atom. The Morgan fingerprint density at radius 1 is 1.33 bits per heavy atom. The first-order valence-electron chi connectivity index (χ1n) is 5.75. The van der Waals surface area contributed by atoms with Gasteiger partial charge in [-0.2, -0.15) is 5.21 Å². The summed E-state index contributed by atoms with van der Waals surface area (Å²) in [7, 11) is 0. The molecule has 0 spiro atoms. The molecule has 6 heteroatoms. The number of hydrogen-bond donors (Lipinski definition) is 1. The maximum atomic E-state index is 11.9. The first-order valence-corrected chi connectivity index (χ1v) is 5.75. The Hall–Kier alpha value is -2.24. The van der Waals surface area contributed by atoms with Gasteiger partial charge in [0.15, 0.2) is 11.9 Å². The number of Topliss-reactive ketones (excluding diaryl/α,β-unsaturated/α-hetero) is 1. The van der Waals surface area contributed by atoms with Gasteiger partial charge < -0.3 is 4.74 Å². The van der Waals surface area contributed by atoms with Crippen LogP contribution in [0.4, 0.5) is 0 Å². The van der Waals surface area contributed by atoms with Crippen LogP contribution in [0.1, 0.15) is 25.3 Å². The fourth-order valence-corrected chi connectivity index (χ4v) is 2.17. The van der Waals surface area contributed by atoms with Crippen molar-refractivity contribution in [3.8, 4) is 17.1 Å². The molecule has 0 aliphatic carbocycles. The highest BCUT2D eigenvalue weighted by molar-refractivity contribution is 5.91. The number of nitrogens with zero attached hydrogens (tertiary/aromatic N) is 3. The van der Waals surface area contributed by atoms with Crippen LogP contribution >= 0.6 is 0 Å². The minimum Gasteiger partial charge on any atom is -0.483 e. The van der Waals surface area contributed by atoms with Crippen LogP contribution in [0.25, 0.3) is 11.4 Å². The molecule has 2 unspecified atom stereocenters. The van der Waals surface area contributed by atoms with E-state index in [1.807, 2.05) is 25.1 Å². The number of ketones is 1. The van der Waals surface area contributed by atoms with Gasteiger partial charge in [-0.25, -0.2) is 0 Å². The van der Waals surface area contributed by atoms with Crippen LogP contribution in [0.2, 0.25) is 0 Å². The zero-order valence-electron chi connectivity index (χ0n) is 10.0. The fourth-order valence-electron chi connectivity index (χ4n) is 2.17. The average Bonchev–Trinajstić information content (AvgIpc) is 2.90. The van der Waals surface area contributed by atoms with E-state index in [0.717, 1.165) is 16.9 Å². The van der Waals surface area contributed by atoms with Crippen molar-refractivity contribution in [3.05, 3.63) is 23.8 Å². The number of carbonyl (C=O) groups excluding carboxylic acids is 1. The summed E-state index contributed by atoms with van der Waals surface area (Å²) in [5.41, 5.74) is 1.70. The van der Waals surface area contributed by atoms with Crippen LogP contribution in [-0.4, -0.2) is 32.5 Å². The SMILES string of the molecule is CC1Oc2ccc(-c3nn[nH]n3)cc2C(C)C1=O. The molecule has 0 saturated carbocycles. The van der Waals surface area contributed by atoms with E-state index in [2.05, 4.69) is 20.6 Å². The topological polar surface area (TPSA) is 80.8 Å². The van der Waals surface area contributed by atoms with Gasteiger partial charge in [-0.05, 0) is 30.3 Å². The molecule has 0 bridgehead atoms. The molecule has 2 heterocycles. The Kier molecular flexibility index (Phi) is 2.36. The summed E-state index contributed by atoms with van der Waals surface area (Å²) in [4.78, 5) is 11.9. The average molecular weight is 244 g/mol. The second kappa shape index (κ2) is 3.90. The molecule has 1 N–H and O–H groups in total. The minimum absolute atomic E-state index is 0.0905. The van der Waals surface area contributed by atoms with Gasteiger partial charge in [0.25, 0.3) is 0 Å². The molecule has 0 radical (unpaired) electrons. The van der Waals surface area contributed by atoms with Crippen molar-refractivity contribution in [1.82, 2.24) is 20.6 Å². The van der Waals surface area contributed by atoms with Gasteiger partial charge in [0.2, 0.25) is 5.82 Å². The van der Waals surface area contributed by atoms with Crippen LogP contribution < -0.4 is 4.74 Å². The normalized spacial score (nSPS) is 22.4. The third-order valence-corrected chi connectivity index (χ3v) is 3.21. The van der Waals surface area contributed by atoms with Crippen LogP contribution in [-0.2, 0) is 4.79 Å². The number of rotatable bonds is 1. The fraction of sp³-hybridized carbons (Fsp3) is 0.333. The number of hydrogen-bond acceptors (Lipinski definition) is 5. The standard InChI is InChI=1S/C12H12N4O2/c1-6-9-5-8(12-13-15-16-14-12)3-4-10(9)18-7(2)11(6)17/h3-7H,1-2H3,(H,13,14,15,16). The summed E-state index contributed by atoms with van der Waals surface area (Å²) in [5.74, 6) is 1.18. The first-order chi connectivity index (χ1) is 8.66. The highest BCUT2D eigenvalue weighted by atomic mass is 16.5. The number of nitrogens with one attached hydrogen (secondary N) is 1. The Bertz CT molecular complexity index is 594. The Morgan fingerprint density at radius 3 is 2.89 bits per heavy atom. The van der Waals surface area contributed by atoms with Gasteiger partial charge in [-0.1, -0.05) is 6.92 Å². The van der Waals surface area contributed by atoms with E-state index < -0.39 is 0 Å². The molecular weight excluding hydrogens is 232 g/mol. The van der Waals surface area contributed by atoms with E-state index in [-0.39, 0.29) is 17.8 Å². The smallest absolute Gasteiger partial charge is 0.204 e. The minimum atomic E-state index is -0.386. The Labute approximate surface area is 103 Å². The van der Waals surface area contributed by atoms with Gasteiger partial charge in [-0.15, -0.1) is 10.2 Å². The highest BCUT2D eigenvalue weighted by Gasteiger charge is 2.31. The zero-order chi connectivity index (χ0) is 12.7. The van der Waals surface area contributed by atoms with E-state index in [0.29, 0.717) is 5.82 Å². The number of carbonyl (C=O) groups is 1. The van der Waals surface area contributed by atoms with Gasteiger partial charge >= 0.3 is 0 Å². The molecule has 1 aromatic carbocycles. The van der Waals surface area contributed by atoms with Gasteiger partial charge in [-0.3, -0.25) is 4.79 Å². The van der Waals surface area contributed by atoms with Crippen LogP contribution in [0, 0.1) is 0 Å². The lowest BCUT2D eigenvalue weighted by Gasteiger charge is -2.27. The lowest BCUT2D eigenvalue weighted by atomic mass is 9.89. The van der Waals surface area contributed by atoms with Crippen molar-refractivity contribution in [2.24, 2.45) is 0 Å². The van der Waals surface area contributed by atoms with Crippen molar-refractivity contribution < 1.29 is 9.53 Å². The van der Waals surface area contributed by atoms with E-state index >= 15 is 0 Å². The van der Waals surface area contributed by atoms with Crippen molar-refractivity contribution in [2.45, 2.75) is 25.9 Å². The van der Waals surface area contributed by atoms with Crippen molar-refractivity contribution in [1.29, 1.82) is 0 Å². The molecule has 92 valence electrons. The summed E-state index contributed by atoms with van der Waals surface area (Å²) in [6.45, 7) is 3.66. The van der Waals surface area contributed by atoms with Crippen molar-refractivity contribution >= 4 is 5.78 Å². The van der Waals surface area contributed by atoms with Gasteiger partial charge in [0.05, 0.1) is 0 Å². The lowest BCUT2D eigenvalue weighted by molar-refractivity contribution is -0.127. The molecular formula is C12H12N4O2. The summed E-state index contributed by atoms with van der Waals surface area (Å²) in [6.07, 6.45) is -0.386. The quantitative estimate of drug-likeness (QED) is 0.818. The van der Waals surface area contributed by atoms with Crippen LogP contribution in [0.15, 0.2) is 18.2 Å². The van der Waals surface area contributed by atoms with E-state index in [1.54, 1.807) is 6.92 Å². The molecule has 0 amide bonds. The molecule has 0 saturated heterocycles. The molecule has 6 nitrogen and oxygen atoms in total.